The predicted molar refractivity (Wildman–Crippen MR) is 69.5 cm³/mol. The number of aryl methyl sites for hydroxylation is 1. The van der Waals surface area contributed by atoms with Crippen LogP contribution in [0.3, 0.4) is 0 Å². The lowest BCUT2D eigenvalue weighted by Gasteiger charge is -2.22. The molecule has 88 valence electrons. The third-order valence-electron chi connectivity index (χ3n) is 3.42. The molecule has 1 saturated carbocycles. The van der Waals surface area contributed by atoms with Crippen LogP contribution in [0, 0.1) is 5.92 Å². The minimum atomic E-state index is 0.688. The Morgan fingerprint density at radius 3 is 2.44 bits per heavy atom. The van der Waals surface area contributed by atoms with E-state index < -0.39 is 0 Å². The Balaban J connectivity index is 1.81. The Bertz CT molecular complexity index is 300. The first-order valence-electron chi connectivity index (χ1n) is 6.55. The maximum atomic E-state index is 3.76. The van der Waals surface area contributed by atoms with Gasteiger partial charge < -0.3 is 5.32 Å². The normalized spacial score (nSPS) is 17.7. The average molecular weight is 217 g/mol. The van der Waals surface area contributed by atoms with Crippen molar-refractivity contribution >= 4 is 0 Å². The molecule has 1 atom stereocenters. The van der Waals surface area contributed by atoms with Gasteiger partial charge in [-0.2, -0.15) is 0 Å². The maximum absolute atomic E-state index is 3.76. The largest absolute Gasteiger partial charge is 0.311 e. The van der Waals surface area contributed by atoms with Crippen LogP contribution in [-0.2, 0) is 6.42 Å². The zero-order valence-corrected chi connectivity index (χ0v) is 10.4. The molecule has 1 aromatic rings. The van der Waals surface area contributed by atoms with Crippen LogP contribution < -0.4 is 5.32 Å². The van der Waals surface area contributed by atoms with Crippen LogP contribution in [0.4, 0.5) is 0 Å². The molecule has 0 bridgehead atoms. The molecule has 1 unspecified atom stereocenters. The first kappa shape index (κ1) is 11.7. The summed E-state index contributed by atoms with van der Waals surface area (Å²) in [7, 11) is 0. The molecule has 1 aliphatic carbocycles. The summed E-state index contributed by atoms with van der Waals surface area (Å²) in [6.45, 7) is 4.65. The molecular formula is C15H23N. The molecule has 1 aromatic carbocycles. The number of benzene rings is 1. The van der Waals surface area contributed by atoms with Crippen molar-refractivity contribution in [2.45, 2.75) is 51.6 Å². The highest BCUT2D eigenvalue weighted by Crippen LogP contribution is 2.22. The molecular weight excluding hydrogens is 194 g/mol. The zero-order chi connectivity index (χ0) is 11.4. The van der Waals surface area contributed by atoms with Gasteiger partial charge in [0.05, 0.1) is 0 Å². The predicted octanol–water partition coefficient (Wildman–Crippen LogP) is 3.40. The van der Waals surface area contributed by atoms with E-state index in [1.165, 1.54) is 31.2 Å². The van der Waals surface area contributed by atoms with E-state index in [2.05, 4.69) is 49.5 Å². The second kappa shape index (κ2) is 5.49. The Kier molecular flexibility index (Phi) is 4.00. The topological polar surface area (TPSA) is 12.0 Å². The number of hydrogen-bond acceptors (Lipinski definition) is 1. The Hall–Kier alpha value is -0.820. The summed E-state index contributed by atoms with van der Waals surface area (Å²) >= 11 is 0. The molecule has 1 fully saturated rings. The molecule has 0 radical (unpaired) electrons. The minimum absolute atomic E-state index is 0.688. The van der Waals surface area contributed by atoms with Gasteiger partial charge >= 0.3 is 0 Å². The lowest BCUT2D eigenvalue weighted by atomic mass is 9.96. The molecule has 1 heteroatoms. The number of nitrogens with one attached hydrogen (secondary N) is 1. The fourth-order valence-corrected chi connectivity index (χ4v) is 2.13. The fraction of sp³-hybridized carbons (Fsp3) is 0.600. The monoisotopic (exact) mass is 217 g/mol. The van der Waals surface area contributed by atoms with Crippen LogP contribution in [0.2, 0.25) is 0 Å². The van der Waals surface area contributed by atoms with E-state index in [9.17, 15) is 0 Å². The highest BCUT2D eigenvalue weighted by Gasteiger charge is 2.25. The molecule has 0 heterocycles. The van der Waals surface area contributed by atoms with E-state index in [-0.39, 0.29) is 0 Å². The molecule has 0 spiro atoms. The third kappa shape index (κ3) is 3.64. The van der Waals surface area contributed by atoms with Crippen molar-refractivity contribution in [1.29, 1.82) is 0 Å². The van der Waals surface area contributed by atoms with Gasteiger partial charge in [-0.05, 0) is 37.2 Å². The van der Waals surface area contributed by atoms with Crippen LogP contribution in [0.25, 0.3) is 0 Å². The van der Waals surface area contributed by atoms with E-state index in [1.54, 1.807) is 0 Å². The molecule has 1 aliphatic rings. The van der Waals surface area contributed by atoms with Crippen molar-refractivity contribution in [2.24, 2.45) is 5.92 Å². The fourth-order valence-electron chi connectivity index (χ4n) is 2.13. The van der Waals surface area contributed by atoms with Gasteiger partial charge in [-0.3, -0.25) is 0 Å². The zero-order valence-electron chi connectivity index (χ0n) is 10.4. The van der Waals surface area contributed by atoms with Gasteiger partial charge in [-0.15, -0.1) is 0 Å². The average Bonchev–Trinajstić information content (AvgIpc) is 3.09. The maximum Gasteiger partial charge on any atom is 0.00958 e. The molecule has 0 aromatic heterocycles. The minimum Gasteiger partial charge on any atom is -0.311 e. The molecule has 2 rings (SSSR count). The highest BCUT2D eigenvalue weighted by molar-refractivity contribution is 5.14. The van der Waals surface area contributed by atoms with Gasteiger partial charge in [0, 0.05) is 12.1 Å². The van der Waals surface area contributed by atoms with Crippen molar-refractivity contribution < 1.29 is 0 Å². The van der Waals surface area contributed by atoms with E-state index in [0.29, 0.717) is 6.04 Å². The van der Waals surface area contributed by atoms with Crippen molar-refractivity contribution in [3.63, 3.8) is 0 Å². The molecule has 16 heavy (non-hydrogen) atoms. The first-order chi connectivity index (χ1) is 7.75. The van der Waals surface area contributed by atoms with E-state index in [1.807, 2.05) is 0 Å². The van der Waals surface area contributed by atoms with Gasteiger partial charge in [0.2, 0.25) is 0 Å². The standard InChI is InChI=1S/C15H23N/c1-12(2)15(16-14-9-10-14)11-8-13-6-4-3-5-7-13/h3-7,12,14-16H,8-11H2,1-2H3. The van der Waals surface area contributed by atoms with Crippen LogP contribution in [0.5, 0.6) is 0 Å². The molecule has 0 saturated heterocycles. The van der Waals surface area contributed by atoms with Gasteiger partial charge in [0.25, 0.3) is 0 Å². The Morgan fingerprint density at radius 1 is 1.19 bits per heavy atom. The lowest BCUT2D eigenvalue weighted by molar-refractivity contribution is 0.375. The van der Waals surface area contributed by atoms with Crippen LogP contribution in [0.1, 0.15) is 38.7 Å². The van der Waals surface area contributed by atoms with Crippen LogP contribution >= 0.6 is 0 Å². The van der Waals surface area contributed by atoms with Gasteiger partial charge in [-0.1, -0.05) is 44.2 Å². The number of hydrogen-bond donors (Lipinski definition) is 1. The summed E-state index contributed by atoms with van der Waals surface area (Å²) in [5.41, 5.74) is 1.46. The van der Waals surface area contributed by atoms with Gasteiger partial charge in [0.1, 0.15) is 0 Å². The summed E-state index contributed by atoms with van der Waals surface area (Å²) in [6, 6.07) is 12.3. The molecule has 1 nitrogen and oxygen atoms in total. The van der Waals surface area contributed by atoms with Gasteiger partial charge in [0.15, 0.2) is 0 Å². The molecule has 0 amide bonds. The lowest BCUT2D eigenvalue weighted by Crippen LogP contribution is -2.35. The van der Waals surface area contributed by atoms with Crippen LogP contribution in [-0.4, -0.2) is 12.1 Å². The van der Waals surface area contributed by atoms with Crippen molar-refractivity contribution in [3.8, 4) is 0 Å². The van der Waals surface area contributed by atoms with Crippen molar-refractivity contribution in [2.75, 3.05) is 0 Å². The summed E-state index contributed by atoms with van der Waals surface area (Å²) in [4.78, 5) is 0. The van der Waals surface area contributed by atoms with Crippen LogP contribution in [0.15, 0.2) is 30.3 Å². The van der Waals surface area contributed by atoms with Crippen molar-refractivity contribution in [1.82, 2.24) is 5.32 Å². The quantitative estimate of drug-likeness (QED) is 0.770. The van der Waals surface area contributed by atoms with E-state index >= 15 is 0 Å². The smallest absolute Gasteiger partial charge is 0.00958 e. The summed E-state index contributed by atoms with van der Waals surface area (Å²) in [5, 5.41) is 3.76. The Labute approximate surface area is 99.3 Å². The van der Waals surface area contributed by atoms with E-state index in [4.69, 9.17) is 0 Å². The number of rotatable bonds is 6. The van der Waals surface area contributed by atoms with E-state index in [0.717, 1.165) is 12.0 Å². The molecule has 0 aliphatic heterocycles. The highest BCUT2D eigenvalue weighted by atomic mass is 15.0. The second-order valence-corrected chi connectivity index (χ2v) is 5.32. The summed E-state index contributed by atoms with van der Waals surface area (Å²) in [5.74, 6) is 0.740. The summed E-state index contributed by atoms with van der Waals surface area (Å²) in [6.07, 6.45) is 5.23. The van der Waals surface area contributed by atoms with Crippen molar-refractivity contribution in [3.05, 3.63) is 35.9 Å². The SMILES string of the molecule is CC(C)C(CCc1ccccc1)NC1CC1. The Morgan fingerprint density at radius 2 is 1.88 bits per heavy atom. The third-order valence-corrected chi connectivity index (χ3v) is 3.42. The van der Waals surface area contributed by atoms with Gasteiger partial charge in [-0.25, -0.2) is 0 Å². The first-order valence-corrected chi connectivity index (χ1v) is 6.55. The second-order valence-electron chi connectivity index (χ2n) is 5.32. The summed E-state index contributed by atoms with van der Waals surface area (Å²) < 4.78 is 0. The molecule has 1 N–H and O–H groups in total.